The first-order valence-electron chi connectivity index (χ1n) is 4.53. The number of amides is 1. The van der Waals surface area contributed by atoms with Crippen LogP contribution in [-0.2, 0) is 11.2 Å². The zero-order chi connectivity index (χ0) is 11.3. The van der Waals surface area contributed by atoms with Gasteiger partial charge in [0, 0.05) is 10.7 Å². The van der Waals surface area contributed by atoms with Gasteiger partial charge in [0.25, 0.3) is 0 Å². The number of hydrogen-bond donors (Lipinski definition) is 1. The van der Waals surface area contributed by atoms with Gasteiger partial charge in [0.15, 0.2) is 0 Å². The van der Waals surface area contributed by atoms with Crippen molar-refractivity contribution in [3.8, 4) is 0 Å². The molecule has 0 spiro atoms. The molecule has 0 atom stereocenters. The van der Waals surface area contributed by atoms with E-state index in [2.05, 4.69) is 37.2 Å². The number of carbonyl (C=O) groups excluding carboxylic acids is 1. The van der Waals surface area contributed by atoms with E-state index in [4.69, 9.17) is 0 Å². The zero-order valence-corrected chi connectivity index (χ0v) is 12.4. The third-order valence-electron chi connectivity index (χ3n) is 1.98. The number of rotatable bonds is 5. The van der Waals surface area contributed by atoms with Gasteiger partial charge in [-0.15, -0.1) is 0 Å². The van der Waals surface area contributed by atoms with Gasteiger partial charge in [0.2, 0.25) is 5.91 Å². The molecule has 2 nitrogen and oxygen atoms in total. The van der Waals surface area contributed by atoms with Crippen molar-refractivity contribution in [2.75, 3.05) is 10.7 Å². The van der Waals surface area contributed by atoms with Crippen molar-refractivity contribution in [1.82, 2.24) is 5.32 Å². The SMILES string of the molecule is CC(CBr)(CBr)NC(=O)Cc1ccsc1. The van der Waals surface area contributed by atoms with Gasteiger partial charge in [-0.3, -0.25) is 4.79 Å². The first-order valence-corrected chi connectivity index (χ1v) is 7.72. The van der Waals surface area contributed by atoms with Gasteiger partial charge >= 0.3 is 0 Å². The molecule has 0 unspecified atom stereocenters. The summed E-state index contributed by atoms with van der Waals surface area (Å²) >= 11 is 8.40. The van der Waals surface area contributed by atoms with Crippen molar-refractivity contribution < 1.29 is 4.79 Å². The second-order valence-corrected chi connectivity index (χ2v) is 5.59. The lowest BCUT2D eigenvalue weighted by molar-refractivity contribution is -0.121. The van der Waals surface area contributed by atoms with Crippen LogP contribution in [0.2, 0.25) is 0 Å². The predicted molar refractivity (Wildman–Crippen MR) is 72.2 cm³/mol. The van der Waals surface area contributed by atoms with Crippen LogP contribution in [-0.4, -0.2) is 22.1 Å². The van der Waals surface area contributed by atoms with Gasteiger partial charge in [0.05, 0.1) is 12.0 Å². The Balaban J connectivity index is 2.49. The molecule has 0 fully saturated rings. The highest BCUT2D eigenvalue weighted by atomic mass is 79.9. The molecule has 1 amide bonds. The monoisotopic (exact) mass is 353 g/mol. The average Bonchev–Trinajstić information content (AvgIpc) is 2.70. The molecule has 1 rings (SSSR count). The normalized spacial score (nSPS) is 11.4. The molecule has 1 heterocycles. The highest BCUT2D eigenvalue weighted by Crippen LogP contribution is 2.12. The van der Waals surface area contributed by atoms with Crippen LogP contribution in [0.4, 0.5) is 0 Å². The lowest BCUT2D eigenvalue weighted by Gasteiger charge is -2.26. The lowest BCUT2D eigenvalue weighted by atomic mass is 10.1. The third-order valence-corrected chi connectivity index (χ3v) is 5.18. The van der Waals surface area contributed by atoms with Crippen molar-refractivity contribution in [1.29, 1.82) is 0 Å². The molecule has 84 valence electrons. The summed E-state index contributed by atoms with van der Waals surface area (Å²) in [6.07, 6.45) is 0.457. The van der Waals surface area contributed by atoms with E-state index < -0.39 is 0 Å². The molecule has 5 heteroatoms. The van der Waals surface area contributed by atoms with Crippen molar-refractivity contribution in [2.45, 2.75) is 18.9 Å². The summed E-state index contributed by atoms with van der Waals surface area (Å²) in [6.45, 7) is 2.00. The lowest BCUT2D eigenvalue weighted by Crippen LogP contribution is -2.49. The van der Waals surface area contributed by atoms with Crippen LogP contribution in [0.1, 0.15) is 12.5 Å². The van der Waals surface area contributed by atoms with Crippen molar-refractivity contribution >= 4 is 49.1 Å². The summed E-state index contributed by atoms with van der Waals surface area (Å²) in [7, 11) is 0. The van der Waals surface area contributed by atoms with Gasteiger partial charge in [-0.2, -0.15) is 11.3 Å². The Labute approximate surface area is 111 Å². The summed E-state index contributed by atoms with van der Waals surface area (Å²) in [5.41, 5.74) is 0.858. The van der Waals surface area contributed by atoms with Gasteiger partial charge in [0.1, 0.15) is 0 Å². The standard InChI is InChI=1S/C10H13Br2NOS/c1-10(6-11,7-12)13-9(14)4-8-2-3-15-5-8/h2-3,5H,4,6-7H2,1H3,(H,13,14). The van der Waals surface area contributed by atoms with Gasteiger partial charge < -0.3 is 5.32 Å². The smallest absolute Gasteiger partial charge is 0.224 e. The maximum absolute atomic E-state index is 11.7. The van der Waals surface area contributed by atoms with E-state index in [0.717, 1.165) is 16.2 Å². The second-order valence-electron chi connectivity index (χ2n) is 3.68. The molecule has 0 saturated carbocycles. The van der Waals surface area contributed by atoms with Crippen molar-refractivity contribution in [3.05, 3.63) is 22.4 Å². The Morgan fingerprint density at radius 2 is 2.20 bits per heavy atom. The van der Waals surface area contributed by atoms with Crippen molar-refractivity contribution in [3.63, 3.8) is 0 Å². The van der Waals surface area contributed by atoms with E-state index in [1.807, 2.05) is 23.8 Å². The van der Waals surface area contributed by atoms with Crippen LogP contribution in [0.5, 0.6) is 0 Å². The number of nitrogens with one attached hydrogen (secondary N) is 1. The molecule has 1 aromatic heterocycles. The Kier molecular flexibility index (Phi) is 5.29. The fourth-order valence-corrected chi connectivity index (χ4v) is 2.94. The van der Waals surface area contributed by atoms with Crippen LogP contribution in [0.25, 0.3) is 0 Å². The molecular weight excluding hydrogens is 342 g/mol. The fraction of sp³-hybridized carbons (Fsp3) is 0.500. The molecule has 0 aliphatic rings. The molecule has 0 saturated heterocycles. The molecule has 0 radical (unpaired) electrons. The highest BCUT2D eigenvalue weighted by molar-refractivity contribution is 9.09. The minimum absolute atomic E-state index is 0.0646. The predicted octanol–water partition coefficient (Wildman–Crippen LogP) is 2.96. The minimum Gasteiger partial charge on any atom is -0.349 e. The number of alkyl halides is 2. The first kappa shape index (κ1) is 13.2. The summed E-state index contributed by atoms with van der Waals surface area (Å²) in [5, 5.41) is 8.46. The van der Waals surface area contributed by atoms with E-state index in [0.29, 0.717) is 6.42 Å². The quantitative estimate of drug-likeness (QED) is 0.809. The molecule has 1 aromatic rings. The van der Waals surface area contributed by atoms with E-state index in [-0.39, 0.29) is 11.4 Å². The number of carbonyl (C=O) groups is 1. The van der Waals surface area contributed by atoms with Gasteiger partial charge in [-0.1, -0.05) is 31.9 Å². The maximum atomic E-state index is 11.7. The van der Waals surface area contributed by atoms with E-state index in [1.165, 1.54) is 0 Å². The third kappa shape index (κ3) is 4.25. The molecular formula is C10H13Br2NOS. The molecule has 0 bridgehead atoms. The summed E-state index contributed by atoms with van der Waals surface area (Å²) in [5.74, 6) is 0.0646. The van der Waals surface area contributed by atoms with Crippen LogP contribution >= 0.6 is 43.2 Å². The first-order chi connectivity index (χ1) is 7.09. The molecule has 0 aliphatic heterocycles. The molecule has 0 aromatic carbocycles. The summed E-state index contributed by atoms with van der Waals surface area (Å²) < 4.78 is 0. The largest absolute Gasteiger partial charge is 0.349 e. The maximum Gasteiger partial charge on any atom is 0.224 e. The molecule has 15 heavy (non-hydrogen) atoms. The Hall–Kier alpha value is 0.130. The van der Waals surface area contributed by atoms with Crippen LogP contribution in [0.15, 0.2) is 16.8 Å². The Bertz CT molecular complexity index is 309. The number of hydrogen-bond acceptors (Lipinski definition) is 2. The average molecular weight is 355 g/mol. The second kappa shape index (κ2) is 6.01. The van der Waals surface area contributed by atoms with Crippen LogP contribution in [0, 0.1) is 0 Å². The fourth-order valence-electron chi connectivity index (χ4n) is 1.06. The Morgan fingerprint density at radius 3 is 2.67 bits per heavy atom. The van der Waals surface area contributed by atoms with Gasteiger partial charge in [-0.05, 0) is 29.3 Å². The van der Waals surface area contributed by atoms with Crippen LogP contribution < -0.4 is 5.32 Å². The summed E-state index contributed by atoms with van der Waals surface area (Å²) in [6, 6.07) is 1.98. The summed E-state index contributed by atoms with van der Waals surface area (Å²) in [4.78, 5) is 11.7. The van der Waals surface area contributed by atoms with Gasteiger partial charge in [-0.25, -0.2) is 0 Å². The molecule has 1 N–H and O–H groups in total. The Morgan fingerprint density at radius 1 is 1.53 bits per heavy atom. The number of thiophene rings is 1. The highest BCUT2D eigenvalue weighted by Gasteiger charge is 2.23. The molecule has 0 aliphatic carbocycles. The van der Waals surface area contributed by atoms with E-state index in [1.54, 1.807) is 11.3 Å². The topological polar surface area (TPSA) is 29.1 Å². The number of halogens is 2. The van der Waals surface area contributed by atoms with E-state index in [9.17, 15) is 4.79 Å². The van der Waals surface area contributed by atoms with E-state index >= 15 is 0 Å². The van der Waals surface area contributed by atoms with Crippen molar-refractivity contribution in [2.24, 2.45) is 0 Å². The minimum atomic E-state index is -0.215. The van der Waals surface area contributed by atoms with Crippen LogP contribution in [0.3, 0.4) is 0 Å². The zero-order valence-electron chi connectivity index (χ0n) is 8.43.